The zero-order valence-corrected chi connectivity index (χ0v) is 51.7. The summed E-state index contributed by atoms with van der Waals surface area (Å²) in [4.78, 5) is 0. The van der Waals surface area contributed by atoms with Gasteiger partial charge in [0, 0.05) is 50.2 Å². The first kappa shape index (κ1) is 56.8. The molecule has 0 atom stereocenters. The molecule has 0 aliphatic heterocycles. The van der Waals surface area contributed by atoms with Crippen molar-refractivity contribution in [3.8, 4) is 56.6 Å². The standard InChI is InChI=1S/C75H86N2O4/c1-19-48-36-58(68(78)66(38-48)76-62-40-50(72(7,8)9)22-26-54(62)55-27-23-51(41-63(55)76)73(10,11)12)60-34-44(3)32-46(5)70(60)80-30-21-31-81-71-47(6)33-45(4)35-61(71)59-37-49(20-2)39-67(69(59)79)77-64-42-52(74(13,14)15)24-28-56(64)57-29-25-53(43-65(57)77)75(16,17)18/h22-29,32-43,78-79H,19-21,30-31H2,1-18H3. The predicted octanol–water partition coefficient (Wildman–Crippen LogP) is 20.0. The van der Waals surface area contributed by atoms with Crippen LogP contribution in [-0.2, 0) is 34.5 Å². The summed E-state index contributed by atoms with van der Waals surface area (Å²) in [5.74, 6) is 1.93. The van der Waals surface area contributed by atoms with Crippen molar-refractivity contribution in [3.63, 3.8) is 0 Å². The number of hydrogen-bond donors (Lipinski definition) is 2. The van der Waals surface area contributed by atoms with Crippen LogP contribution in [0.1, 0.15) is 159 Å². The van der Waals surface area contributed by atoms with Gasteiger partial charge >= 0.3 is 0 Å². The Morgan fingerprint density at radius 2 is 0.667 bits per heavy atom. The fraction of sp³-hybridized carbons (Fsp3) is 0.360. The predicted molar refractivity (Wildman–Crippen MR) is 344 cm³/mol. The maximum absolute atomic E-state index is 12.9. The Labute approximate surface area is 482 Å². The van der Waals surface area contributed by atoms with E-state index in [4.69, 9.17) is 9.47 Å². The molecule has 10 aromatic rings. The molecule has 0 radical (unpaired) electrons. The molecule has 6 heteroatoms. The molecule has 2 aromatic heterocycles. The van der Waals surface area contributed by atoms with Gasteiger partial charge in [0.05, 0.1) is 46.7 Å². The monoisotopic (exact) mass is 1080 g/mol. The second-order valence-corrected chi connectivity index (χ2v) is 27.3. The number of phenolic OH excluding ortho intramolecular Hbond substituents is 2. The van der Waals surface area contributed by atoms with Crippen molar-refractivity contribution in [1.82, 2.24) is 9.13 Å². The van der Waals surface area contributed by atoms with Crippen LogP contribution < -0.4 is 9.47 Å². The van der Waals surface area contributed by atoms with Crippen LogP contribution in [0.3, 0.4) is 0 Å². The van der Waals surface area contributed by atoms with Gasteiger partial charge in [-0.3, -0.25) is 0 Å². The molecule has 0 aliphatic rings. The summed E-state index contributed by atoms with van der Waals surface area (Å²) in [5, 5.41) is 30.4. The largest absolute Gasteiger partial charge is 0.505 e. The minimum atomic E-state index is -0.0700. The van der Waals surface area contributed by atoms with E-state index in [0.29, 0.717) is 19.6 Å². The number of aryl methyl sites for hydroxylation is 6. The van der Waals surface area contributed by atoms with Crippen LogP contribution in [0.2, 0.25) is 0 Å². The number of rotatable bonds is 12. The van der Waals surface area contributed by atoms with E-state index in [-0.39, 0.29) is 33.2 Å². The molecule has 0 fully saturated rings. The molecule has 0 bridgehead atoms. The van der Waals surface area contributed by atoms with Crippen LogP contribution in [0.5, 0.6) is 23.0 Å². The van der Waals surface area contributed by atoms with Crippen LogP contribution >= 0.6 is 0 Å². The molecule has 2 N–H and O–H groups in total. The summed E-state index contributed by atoms with van der Waals surface area (Å²) in [6.07, 6.45) is 2.17. The number of hydrogen-bond acceptors (Lipinski definition) is 4. The molecule has 2 heterocycles. The molecule has 81 heavy (non-hydrogen) atoms. The average Bonchev–Trinajstić information content (AvgIpc) is 3.88. The first-order chi connectivity index (χ1) is 38.1. The van der Waals surface area contributed by atoms with Crippen molar-refractivity contribution in [2.45, 2.75) is 166 Å². The summed E-state index contributed by atoms with van der Waals surface area (Å²) in [6, 6.07) is 44.6. The number of ether oxygens (including phenoxy) is 2. The minimum Gasteiger partial charge on any atom is -0.505 e. The molecular formula is C75H86N2O4. The molecule has 8 aromatic carbocycles. The lowest BCUT2D eigenvalue weighted by molar-refractivity contribution is 0.247. The second kappa shape index (κ2) is 20.8. The van der Waals surface area contributed by atoms with Gasteiger partial charge in [0.15, 0.2) is 0 Å². The van der Waals surface area contributed by atoms with Gasteiger partial charge in [-0.05, 0) is 178 Å². The number of benzene rings is 8. The molecule has 0 saturated heterocycles. The highest BCUT2D eigenvalue weighted by atomic mass is 16.5. The van der Waals surface area contributed by atoms with E-state index < -0.39 is 0 Å². The van der Waals surface area contributed by atoms with Crippen LogP contribution in [0.25, 0.3) is 77.2 Å². The third-order valence-corrected chi connectivity index (χ3v) is 16.8. The van der Waals surface area contributed by atoms with E-state index in [0.717, 1.165) is 135 Å². The molecule has 0 spiro atoms. The van der Waals surface area contributed by atoms with Gasteiger partial charge in [0.2, 0.25) is 0 Å². The molecule has 10 rings (SSSR count). The molecule has 6 nitrogen and oxygen atoms in total. The number of phenols is 2. The van der Waals surface area contributed by atoms with Crippen molar-refractivity contribution in [2.75, 3.05) is 13.2 Å². The van der Waals surface area contributed by atoms with Gasteiger partial charge in [0.1, 0.15) is 23.0 Å². The highest BCUT2D eigenvalue weighted by Crippen LogP contribution is 2.48. The lowest BCUT2D eigenvalue weighted by Crippen LogP contribution is -2.11. The maximum atomic E-state index is 12.9. The van der Waals surface area contributed by atoms with Crippen LogP contribution in [0.15, 0.2) is 121 Å². The summed E-state index contributed by atoms with van der Waals surface area (Å²) in [7, 11) is 0. The Kier molecular flexibility index (Phi) is 14.6. The van der Waals surface area contributed by atoms with Crippen molar-refractivity contribution in [3.05, 3.63) is 177 Å². The van der Waals surface area contributed by atoms with E-state index in [2.05, 4.69) is 255 Å². The van der Waals surface area contributed by atoms with Crippen LogP contribution in [0, 0.1) is 27.7 Å². The zero-order chi connectivity index (χ0) is 58.4. The van der Waals surface area contributed by atoms with Crippen molar-refractivity contribution >= 4 is 43.6 Å². The Morgan fingerprint density at radius 1 is 0.370 bits per heavy atom. The summed E-state index contributed by atoms with van der Waals surface area (Å²) in [6.45, 7) is 40.6. The van der Waals surface area contributed by atoms with Gasteiger partial charge in [-0.1, -0.05) is 158 Å². The maximum Gasteiger partial charge on any atom is 0.147 e. The first-order valence-corrected chi connectivity index (χ1v) is 29.5. The lowest BCUT2D eigenvalue weighted by atomic mass is 9.86. The van der Waals surface area contributed by atoms with E-state index in [9.17, 15) is 10.2 Å². The SMILES string of the molecule is CCc1cc(-c2cc(C)cc(C)c2OCCCOc2c(C)cc(C)cc2-c2cc(CC)cc(-n3c4cc(C(C)(C)C)ccc4c4ccc(C(C)(C)C)cc43)c2O)c(O)c(-n2c3cc(C(C)(C)C)ccc3c3ccc(C(C)(C)C)cc32)c1. The number of aromatic nitrogens is 2. The fourth-order valence-corrected chi connectivity index (χ4v) is 12.0. The van der Waals surface area contributed by atoms with Crippen LogP contribution in [0.4, 0.5) is 0 Å². The molecule has 0 aliphatic carbocycles. The van der Waals surface area contributed by atoms with Gasteiger partial charge < -0.3 is 28.8 Å². The van der Waals surface area contributed by atoms with E-state index in [1.165, 1.54) is 22.3 Å². The molecular weight excluding hydrogens is 993 g/mol. The van der Waals surface area contributed by atoms with E-state index in [1.54, 1.807) is 0 Å². The number of fused-ring (bicyclic) bond motifs is 6. The molecule has 0 amide bonds. The zero-order valence-electron chi connectivity index (χ0n) is 51.7. The number of aromatic hydroxyl groups is 2. The van der Waals surface area contributed by atoms with Gasteiger partial charge in [-0.25, -0.2) is 0 Å². The Bertz CT molecular complexity index is 3690. The third kappa shape index (κ3) is 10.6. The summed E-state index contributed by atoms with van der Waals surface area (Å²) in [5.41, 5.74) is 20.1. The average molecular weight is 1080 g/mol. The Hall–Kier alpha value is -7.44. The number of nitrogens with zero attached hydrogens (tertiary/aromatic N) is 2. The van der Waals surface area contributed by atoms with Gasteiger partial charge in [-0.2, -0.15) is 0 Å². The van der Waals surface area contributed by atoms with Crippen molar-refractivity contribution in [2.24, 2.45) is 0 Å². The van der Waals surface area contributed by atoms with Gasteiger partial charge in [-0.15, -0.1) is 0 Å². The van der Waals surface area contributed by atoms with E-state index >= 15 is 0 Å². The summed E-state index contributed by atoms with van der Waals surface area (Å²) < 4.78 is 18.4. The molecule has 420 valence electrons. The third-order valence-electron chi connectivity index (χ3n) is 16.8. The van der Waals surface area contributed by atoms with E-state index in [1.807, 2.05) is 0 Å². The van der Waals surface area contributed by atoms with Crippen molar-refractivity contribution in [1.29, 1.82) is 0 Å². The van der Waals surface area contributed by atoms with Crippen LogP contribution in [-0.4, -0.2) is 32.6 Å². The highest BCUT2D eigenvalue weighted by molar-refractivity contribution is 6.11. The lowest BCUT2D eigenvalue weighted by Gasteiger charge is -2.22. The fourth-order valence-electron chi connectivity index (χ4n) is 12.0. The quantitative estimate of drug-likeness (QED) is 0.120. The Morgan fingerprint density at radius 3 is 0.938 bits per heavy atom. The topological polar surface area (TPSA) is 68.8 Å². The minimum absolute atomic E-state index is 0.0700. The molecule has 0 unspecified atom stereocenters. The molecule has 0 saturated carbocycles. The summed E-state index contributed by atoms with van der Waals surface area (Å²) >= 11 is 0. The smallest absolute Gasteiger partial charge is 0.147 e. The van der Waals surface area contributed by atoms with Crippen molar-refractivity contribution < 1.29 is 19.7 Å². The first-order valence-electron chi connectivity index (χ1n) is 29.5. The Balaban J connectivity index is 1.01. The normalized spacial score (nSPS) is 12.7. The van der Waals surface area contributed by atoms with Gasteiger partial charge in [0.25, 0.3) is 0 Å². The highest BCUT2D eigenvalue weighted by Gasteiger charge is 2.28. The second-order valence-electron chi connectivity index (χ2n) is 27.3.